The Morgan fingerprint density at radius 3 is 2.71 bits per heavy atom. The van der Waals surface area contributed by atoms with Crippen LogP contribution in [0.5, 0.6) is 0 Å². The van der Waals surface area contributed by atoms with Crippen molar-refractivity contribution in [3.05, 3.63) is 59.6 Å². The Bertz CT molecular complexity index is 938. The Morgan fingerprint density at radius 2 is 2.00 bits per heavy atom. The van der Waals surface area contributed by atoms with Gasteiger partial charge in [-0.3, -0.25) is 4.68 Å². The average molecular weight is 369 g/mol. The average Bonchev–Trinajstić information content (AvgIpc) is 3.20. The smallest absolute Gasteiger partial charge is 0.240 e. The predicted molar refractivity (Wildman–Crippen MR) is 87.1 cm³/mol. The number of hydrogen-bond acceptors (Lipinski definition) is 4. The summed E-state index contributed by atoms with van der Waals surface area (Å²) in [7, 11) is -3.90. The lowest BCUT2D eigenvalue weighted by Crippen LogP contribution is -2.27. The summed E-state index contributed by atoms with van der Waals surface area (Å²) in [4.78, 5) is 0.706. The fourth-order valence-corrected chi connectivity index (χ4v) is 3.79. The highest BCUT2D eigenvalue weighted by Crippen LogP contribution is 2.22. The summed E-state index contributed by atoms with van der Waals surface area (Å²) < 4.78 is 54.1. The van der Waals surface area contributed by atoms with E-state index in [1.807, 2.05) is 23.6 Å². The zero-order valence-corrected chi connectivity index (χ0v) is 13.9. The maximum Gasteiger partial charge on any atom is 0.240 e. The Morgan fingerprint density at radius 1 is 1.17 bits per heavy atom. The normalized spacial score (nSPS) is 11.8. The third-order valence-electron chi connectivity index (χ3n) is 3.25. The van der Waals surface area contributed by atoms with E-state index < -0.39 is 21.7 Å². The number of nitrogens with zero attached hydrogens (tertiary/aromatic N) is 2. The molecule has 1 aromatic carbocycles. The third-order valence-corrected chi connectivity index (χ3v) is 5.60. The lowest BCUT2D eigenvalue weighted by atomic mass is 10.3. The van der Waals surface area contributed by atoms with Gasteiger partial charge in [0.25, 0.3) is 0 Å². The molecule has 3 aromatic rings. The summed E-state index contributed by atoms with van der Waals surface area (Å²) in [6.07, 6.45) is 1.75. The predicted octanol–water partition coefficient (Wildman–Crippen LogP) is 2.87. The van der Waals surface area contributed by atoms with Crippen molar-refractivity contribution in [3.63, 3.8) is 0 Å². The van der Waals surface area contributed by atoms with Crippen LogP contribution in [0.25, 0.3) is 10.6 Å². The second kappa shape index (κ2) is 6.80. The Hall–Kier alpha value is -2.10. The zero-order valence-electron chi connectivity index (χ0n) is 12.3. The number of thiophene rings is 1. The lowest BCUT2D eigenvalue weighted by molar-refractivity contribution is 0.503. The van der Waals surface area contributed by atoms with E-state index in [4.69, 9.17) is 0 Å². The minimum absolute atomic E-state index is 0.0763. The highest BCUT2D eigenvalue weighted by molar-refractivity contribution is 7.89. The lowest BCUT2D eigenvalue weighted by Gasteiger charge is -2.07. The molecule has 0 radical (unpaired) electrons. The molecule has 1 N–H and O–H groups in total. The van der Waals surface area contributed by atoms with Gasteiger partial charge in [-0.05, 0) is 35.7 Å². The van der Waals surface area contributed by atoms with Gasteiger partial charge in [-0.2, -0.15) is 5.10 Å². The molecular weight excluding hydrogens is 356 g/mol. The number of rotatable bonds is 6. The standard InChI is InChI=1S/C15H13F2N3O2S2/c16-12-4-3-11(10-13(12)17)24(21,22)18-6-8-20-7-5-14(19-20)15-2-1-9-23-15/h1-5,7,9-10,18H,6,8H2. The number of nitrogens with one attached hydrogen (secondary N) is 1. The maximum atomic E-state index is 13.2. The largest absolute Gasteiger partial charge is 0.271 e. The molecule has 0 spiro atoms. The monoisotopic (exact) mass is 369 g/mol. The molecule has 3 rings (SSSR count). The molecule has 0 atom stereocenters. The molecule has 2 aromatic heterocycles. The van der Waals surface area contributed by atoms with E-state index in [1.165, 1.54) is 0 Å². The highest BCUT2D eigenvalue weighted by atomic mass is 32.2. The van der Waals surface area contributed by atoms with Crippen LogP contribution >= 0.6 is 11.3 Å². The second-order valence-corrected chi connectivity index (χ2v) is 7.63. The van der Waals surface area contributed by atoms with Gasteiger partial charge in [0.2, 0.25) is 10.0 Å². The van der Waals surface area contributed by atoms with Crippen molar-refractivity contribution in [2.75, 3.05) is 6.54 Å². The van der Waals surface area contributed by atoms with Crippen LogP contribution in [0.2, 0.25) is 0 Å². The van der Waals surface area contributed by atoms with Crippen molar-refractivity contribution in [2.45, 2.75) is 11.4 Å². The van der Waals surface area contributed by atoms with Crippen molar-refractivity contribution in [1.82, 2.24) is 14.5 Å². The molecule has 0 aliphatic rings. The fraction of sp³-hybridized carbons (Fsp3) is 0.133. The van der Waals surface area contributed by atoms with E-state index in [9.17, 15) is 17.2 Å². The molecule has 9 heteroatoms. The topological polar surface area (TPSA) is 64.0 Å². The summed E-state index contributed by atoms with van der Waals surface area (Å²) >= 11 is 1.56. The number of benzene rings is 1. The molecule has 0 aliphatic carbocycles. The summed E-state index contributed by atoms with van der Waals surface area (Å²) in [6.45, 7) is 0.390. The number of hydrogen-bond donors (Lipinski definition) is 1. The van der Waals surface area contributed by atoms with Crippen LogP contribution in [0, 0.1) is 11.6 Å². The summed E-state index contributed by atoms with van der Waals surface area (Å²) in [6, 6.07) is 8.17. The molecule has 0 fully saturated rings. The molecular formula is C15H13F2N3O2S2. The van der Waals surface area contributed by atoms with E-state index >= 15 is 0 Å². The molecule has 0 saturated carbocycles. The van der Waals surface area contributed by atoms with Gasteiger partial charge < -0.3 is 0 Å². The van der Waals surface area contributed by atoms with Crippen molar-refractivity contribution in [3.8, 4) is 10.6 Å². The fourth-order valence-electron chi connectivity index (χ4n) is 2.06. The first-order chi connectivity index (χ1) is 11.5. The van der Waals surface area contributed by atoms with Crippen LogP contribution in [0.15, 0.2) is 52.9 Å². The van der Waals surface area contributed by atoms with Gasteiger partial charge in [-0.1, -0.05) is 6.07 Å². The van der Waals surface area contributed by atoms with Crippen molar-refractivity contribution >= 4 is 21.4 Å². The van der Waals surface area contributed by atoms with E-state index in [1.54, 1.807) is 22.2 Å². The van der Waals surface area contributed by atoms with E-state index in [0.717, 1.165) is 22.7 Å². The second-order valence-electron chi connectivity index (χ2n) is 4.92. The molecule has 0 saturated heterocycles. The minimum Gasteiger partial charge on any atom is -0.271 e. The van der Waals surface area contributed by atoms with Gasteiger partial charge in [-0.25, -0.2) is 21.9 Å². The van der Waals surface area contributed by atoms with Gasteiger partial charge in [0.05, 0.1) is 16.3 Å². The summed E-state index contributed by atoms with van der Waals surface area (Å²) in [5, 5.41) is 6.30. The van der Waals surface area contributed by atoms with Gasteiger partial charge in [0.1, 0.15) is 5.69 Å². The Balaban J connectivity index is 1.62. The number of aromatic nitrogens is 2. The van der Waals surface area contributed by atoms with Crippen LogP contribution in [0.4, 0.5) is 8.78 Å². The van der Waals surface area contributed by atoms with Crippen LogP contribution in [0.1, 0.15) is 0 Å². The van der Waals surface area contributed by atoms with Crippen molar-refractivity contribution < 1.29 is 17.2 Å². The van der Waals surface area contributed by atoms with Crippen molar-refractivity contribution in [2.24, 2.45) is 0 Å². The van der Waals surface area contributed by atoms with Gasteiger partial charge in [-0.15, -0.1) is 11.3 Å². The first-order valence-corrected chi connectivity index (χ1v) is 9.34. The third kappa shape index (κ3) is 3.69. The molecule has 0 amide bonds. The SMILES string of the molecule is O=S(=O)(NCCn1ccc(-c2cccs2)n1)c1ccc(F)c(F)c1. The molecule has 126 valence electrons. The number of sulfonamides is 1. The molecule has 0 aliphatic heterocycles. The Kier molecular flexibility index (Phi) is 4.74. The molecule has 0 bridgehead atoms. The highest BCUT2D eigenvalue weighted by Gasteiger charge is 2.16. The van der Waals surface area contributed by atoms with Gasteiger partial charge >= 0.3 is 0 Å². The zero-order chi connectivity index (χ0) is 17.2. The number of halogens is 2. The van der Waals surface area contributed by atoms with E-state index in [2.05, 4.69) is 9.82 Å². The molecule has 5 nitrogen and oxygen atoms in total. The molecule has 0 unspecified atom stereocenters. The van der Waals surface area contributed by atoms with Crippen LogP contribution in [0.3, 0.4) is 0 Å². The molecule has 2 heterocycles. The van der Waals surface area contributed by atoms with Crippen molar-refractivity contribution in [1.29, 1.82) is 0 Å². The minimum atomic E-state index is -3.90. The van der Waals surface area contributed by atoms with E-state index in [-0.39, 0.29) is 11.4 Å². The quantitative estimate of drug-likeness (QED) is 0.727. The maximum absolute atomic E-state index is 13.2. The van der Waals surface area contributed by atoms with Crippen LogP contribution in [-0.4, -0.2) is 24.7 Å². The van der Waals surface area contributed by atoms with E-state index in [0.29, 0.717) is 12.6 Å². The van der Waals surface area contributed by atoms with Crippen LogP contribution in [-0.2, 0) is 16.6 Å². The van der Waals surface area contributed by atoms with Gasteiger partial charge in [0, 0.05) is 12.7 Å². The summed E-state index contributed by atoms with van der Waals surface area (Å²) in [5.74, 6) is -2.29. The Labute approximate surface area is 141 Å². The van der Waals surface area contributed by atoms with Crippen LogP contribution < -0.4 is 4.72 Å². The van der Waals surface area contributed by atoms with Gasteiger partial charge in [0.15, 0.2) is 11.6 Å². The first-order valence-electron chi connectivity index (χ1n) is 6.98. The summed E-state index contributed by atoms with van der Waals surface area (Å²) in [5.41, 5.74) is 0.813. The molecule has 24 heavy (non-hydrogen) atoms. The first kappa shape index (κ1) is 16.7.